The summed E-state index contributed by atoms with van der Waals surface area (Å²) in [5, 5.41) is 7.50. The van der Waals surface area contributed by atoms with Gasteiger partial charge in [0.05, 0.1) is 12.3 Å². The van der Waals surface area contributed by atoms with E-state index in [9.17, 15) is 0 Å². The van der Waals surface area contributed by atoms with Crippen molar-refractivity contribution in [1.29, 1.82) is 0 Å². The van der Waals surface area contributed by atoms with Gasteiger partial charge < -0.3 is 14.3 Å². The number of rotatable bonds is 2. The monoisotopic (exact) mass is 245 g/mol. The van der Waals surface area contributed by atoms with Gasteiger partial charge in [-0.2, -0.15) is 4.98 Å². The predicted octanol–water partition coefficient (Wildman–Crippen LogP) is 2.39. The maximum atomic E-state index is 5.40. The maximum Gasteiger partial charge on any atom is 0.244 e. The highest BCUT2D eigenvalue weighted by Crippen LogP contribution is 2.44. The van der Waals surface area contributed by atoms with Crippen molar-refractivity contribution in [2.24, 2.45) is 11.8 Å². The van der Waals surface area contributed by atoms with Gasteiger partial charge in [-0.05, 0) is 43.4 Å². The topological polar surface area (TPSA) is 64.1 Å². The van der Waals surface area contributed by atoms with E-state index in [2.05, 4.69) is 15.5 Å². The van der Waals surface area contributed by atoms with Crippen LogP contribution >= 0.6 is 0 Å². The first-order chi connectivity index (χ1) is 8.92. The number of nitrogens with one attached hydrogen (secondary N) is 1. The van der Waals surface area contributed by atoms with E-state index in [1.165, 1.54) is 19.3 Å². The highest BCUT2D eigenvalue weighted by Gasteiger charge is 2.42. The van der Waals surface area contributed by atoms with E-state index in [1.807, 2.05) is 12.1 Å². The Balaban J connectivity index is 1.62. The summed E-state index contributed by atoms with van der Waals surface area (Å²) in [6.07, 6.45) is 5.53. The third-order valence-electron chi connectivity index (χ3n) is 4.20. The smallest absolute Gasteiger partial charge is 0.244 e. The Morgan fingerprint density at radius 3 is 3.22 bits per heavy atom. The van der Waals surface area contributed by atoms with Crippen LogP contribution in [0.15, 0.2) is 27.3 Å². The number of hydrogen-bond acceptors (Lipinski definition) is 5. The average Bonchev–Trinajstić information content (AvgIpc) is 3.13. The van der Waals surface area contributed by atoms with Gasteiger partial charge in [-0.1, -0.05) is 11.6 Å². The zero-order valence-electron chi connectivity index (χ0n) is 10.0. The summed E-state index contributed by atoms with van der Waals surface area (Å²) in [5.74, 6) is 3.35. The Morgan fingerprint density at radius 1 is 1.33 bits per heavy atom. The first kappa shape index (κ1) is 10.3. The maximum absolute atomic E-state index is 5.40. The van der Waals surface area contributed by atoms with Gasteiger partial charge in [0.2, 0.25) is 11.7 Å². The van der Waals surface area contributed by atoms with Crippen molar-refractivity contribution in [3.8, 4) is 11.6 Å². The van der Waals surface area contributed by atoms with Gasteiger partial charge in [0.1, 0.15) is 0 Å². The predicted molar refractivity (Wildman–Crippen MR) is 63.6 cm³/mol. The summed E-state index contributed by atoms with van der Waals surface area (Å²) in [6.45, 7) is 1.08. The summed E-state index contributed by atoms with van der Waals surface area (Å²) in [4.78, 5) is 4.46. The van der Waals surface area contributed by atoms with Crippen molar-refractivity contribution >= 4 is 0 Å². The van der Waals surface area contributed by atoms with Crippen LogP contribution in [0, 0.1) is 11.8 Å². The largest absolute Gasteiger partial charge is 0.461 e. The Kier molecular flexibility index (Phi) is 2.26. The zero-order chi connectivity index (χ0) is 11.9. The van der Waals surface area contributed by atoms with Gasteiger partial charge in [-0.15, -0.1) is 0 Å². The highest BCUT2D eigenvalue weighted by atomic mass is 16.5. The Morgan fingerprint density at radius 2 is 2.33 bits per heavy atom. The zero-order valence-corrected chi connectivity index (χ0v) is 10.0. The van der Waals surface area contributed by atoms with Crippen LogP contribution in [0.1, 0.15) is 31.2 Å². The quantitative estimate of drug-likeness (QED) is 0.880. The molecule has 0 spiro atoms. The third kappa shape index (κ3) is 1.50. The summed E-state index contributed by atoms with van der Waals surface area (Å²) in [5.41, 5.74) is 0. The van der Waals surface area contributed by atoms with E-state index >= 15 is 0 Å². The van der Waals surface area contributed by atoms with E-state index in [-0.39, 0.29) is 6.04 Å². The minimum absolute atomic E-state index is 0.230. The molecule has 1 aliphatic carbocycles. The molecule has 3 heterocycles. The molecular formula is C13H15N3O2. The molecule has 3 atom stereocenters. The second-order valence-electron chi connectivity index (χ2n) is 5.17. The first-order valence-corrected chi connectivity index (χ1v) is 6.53. The number of hydrogen-bond donors (Lipinski definition) is 1. The molecule has 5 heteroatoms. The minimum Gasteiger partial charge on any atom is -0.461 e. The van der Waals surface area contributed by atoms with E-state index in [1.54, 1.807) is 6.26 Å². The first-order valence-electron chi connectivity index (χ1n) is 6.53. The fourth-order valence-electron chi connectivity index (χ4n) is 3.33. The Hall–Kier alpha value is -1.62. The fourth-order valence-corrected chi connectivity index (χ4v) is 3.33. The standard InChI is InChI=1S/C13H15N3O2/c1-3-8-7-14-11(9(8)4-1)13-15-12(16-18-13)10-5-2-6-17-10/h2,5-6,8-9,11,14H,1,3-4,7H2. The van der Waals surface area contributed by atoms with Crippen molar-refractivity contribution < 1.29 is 8.94 Å². The summed E-state index contributed by atoms with van der Waals surface area (Å²) in [6, 6.07) is 3.90. The molecule has 1 saturated carbocycles. The molecule has 3 unspecified atom stereocenters. The molecular weight excluding hydrogens is 230 g/mol. The molecule has 0 radical (unpaired) electrons. The molecule has 5 nitrogen and oxygen atoms in total. The Bertz CT molecular complexity index is 534. The van der Waals surface area contributed by atoms with Gasteiger partial charge in [0.25, 0.3) is 0 Å². The van der Waals surface area contributed by atoms with Gasteiger partial charge in [-0.25, -0.2) is 0 Å². The van der Waals surface area contributed by atoms with Crippen LogP contribution in [0.4, 0.5) is 0 Å². The molecule has 2 aromatic rings. The van der Waals surface area contributed by atoms with E-state index in [4.69, 9.17) is 8.94 Å². The molecule has 0 bridgehead atoms. The SMILES string of the molecule is c1coc(-c2noc(C3NCC4CCCC43)n2)c1. The molecule has 2 aliphatic rings. The van der Waals surface area contributed by atoms with Crippen LogP contribution in [0.3, 0.4) is 0 Å². The molecule has 2 aromatic heterocycles. The normalized spacial score (nSPS) is 30.8. The molecule has 4 rings (SSSR count). The molecule has 0 aromatic carbocycles. The summed E-state index contributed by atoms with van der Waals surface area (Å²) >= 11 is 0. The van der Waals surface area contributed by atoms with Crippen LogP contribution in [0.2, 0.25) is 0 Å². The number of furan rings is 1. The summed E-state index contributed by atoms with van der Waals surface area (Å²) in [7, 11) is 0. The number of nitrogens with zero attached hydrogens (tertiary/aromatic N) is 2. The van der Waals surface area contributed by atoms with E-state index in [0.29, 0.717) is 23.4 Å². The fraction of sp³-hybridized carbons (Fsp3) is 0.538. The molecule has 1 aliphatic heterocycles. The number of aromatic nitrogens is 2. The van der Waals surface area contributed by atoms with Crippen molar-refractivity contribution in [2.45, 2.75) is 25.3 Å². The van der Waals surface area contributed by atoms with Crippen LogP contribution in [-0.2, 0) is 0 Å². The van der Waals surface area contributed by atoms with Crippen LogP contribution < -0.4 is 5.32 Å². The minimum atomic E-state index is 0.230. The van der Waals surface area contributed by atoms with Crippen LogP contribution in [0.5, 0.6) is 0 Å². The molecule has 94 valence electrons. The second-order valence-corrected chi connectivity index (χ2v) is 5.17. The second kappa shape index (κ2) is 3.95. The lowest BCUT2D eigenvalue weighted by atomic mass is 9.94. The van der Waals surface area contributed by atoms with Gasteiger partial charge in [-0.3, -0.25) is 0 Å². The summed E-state index contributed by atoms with van der Waals surface area (Å²) < 4.78 is 10.7. The highest BCUT2D eigenvalue weighted by molar-refractivity contribution is 5.44. The van der Waals surface area contributed by atoms with Crippen LogP contribution in [-0.4, -0.2) is 16.7 Å². The molecule has 1 N–H and O–H groups in total. The number of fused-ring (bicyclic) bond motifs is 1. The Labute approximate surface area is 105 Å². The van der Waals surface area contributed by atoms with Crippen molar-refractivity contribution in [3.63, 3.8) is 0 Å². The third-order valence-corrected chi connectivity index (χ3v) is 4.20. The molecule has 2 fully saturated rings. The van der Waals surface area contributed by atoms with E-state index in [0.717, 1.165) is 12.5 Å². The van der Waals surface area contributed by atoms with Gasteiger partial charge in [0, 0.05) is 0 Å². The van der Waals surface area contributed by atoms with Crippen molar-refractivity contribution in [1.82, 2.24) is 15.5 Å². The average molecular weight is 245 g/mol. The van der Waals surface area contributed by atoms with Crippen molar-refractivity contribution in [3.05, 3.63) is 24.3 Å². The van der Waals surface area contributed by atoms with Crippen LogP contribution in [0.25, 0.3) is 11.6 Å². The molecule has 18 heavy (non-hydrogen) atoms. The van der Waals surface area contributed by atoms with Gasteiger partial charge >= 0.3 is 0 Å². The van der Waals surface area contributed by atoms with Crippen molar-refractivity contribution in [2.75, 3.05) is 6.54 Å². The van der Waals surface area contributed by atoms with E-state index < -0.39 is 0 Å². The lowest BCUT2D eigenvalue weighted by Crippen LogP contribution is -2.18. The van der Waals surface area contributed by atoms with Gasteiger partial charge in [0.15, 0.2) is 5.76 Å². The molecule has 1 saturated heterocycles. The lowest BCUT2D eigenvalue weighted by Gasteiger charge is -2.13. The lowest BCUT2D eigenvalue weighted by molar-refractivity contribution is 0.302. The molecule has 0 amide bonds.